The average molecular weight is 381 g/mol. The summed E-state index contributed by atoms with van der Waals surface area (Å²) >= 11 is 0. The van der Waals surface area contributed by atoms with Crippen LogP contribution in [0.4, 0.5) is 16.2 Å². The fourth-order valence-corrected chi connectivity index (χ4v) is 2.56. The Bertz CT molecular complexity index is 974. The lowest BCUT2D eigenvalue weighted by Crippen LogP contribution is -2.24. The first-order chi connectivity index (χ1) is 13.3. The lowest BCUT2D eigenvalue weighted by Gasteiger charge is -2.19. The number of anilines is 2. The van der Waals surface area contributed by atoms with Crippen LogP contribution in [0.2, 0.25) is 0 Å². The summed E-state index contributed by atoms with van der Waals surface area (Å²) in [6.07, 6.45) is 2.61. The molecule has 0 aliphatic rings. The lowest BCUT2D eigenvalue weighted by atomic mass is 10.2. The number of carbonyl (C=O) groups is 1. The minimum atomic E-state index is -0.799. The molecule has 2 heterocycles. The largest absolute Gasteiger partial charge is 0.511 e. The minimum absolute atomic E-state index is 0.308. The van der Waals surface area contributed by atoms with Crippen molar-refractivity contribution in [2.45, 2.75) is 26.4 Å². The number of ether oxygens (including phenoxy) is 3. The van der Waals surface area contributed by atoms with E-state index in [1.807, 2.05) is 36.4 Å². The molecule has 7 heteroatoms. The van der Waals surface area contributed by atoms with Crippen molar-refractivity contribution in [2.24, 2.45) is 0 Å². The molecule has 0 amide bonds. The number of para-hydroxylation sites is 1. The number of pyridine rings is 1. The molecular weight excluding hydrogens is 358 g/mol. The van der Waals surface area contributed by atoms with E-state index < -0.39 is 11.8 Å². The highest BCUT2D eigenvalue weighted by molar-refractivity contribution is 5.99. The predicted octanol–water partition coefficient (Wildman–Crippen LogP) is 5.20. The first-order valence-corrected chi connectivity index (χ1v) is 8.79. The van der Waals surface area contributed by atoms with Crippen LogP contribution in [-0.4, -0.2) is 28.5 Å². The van der Waals surface area contributed by atoms with Gasteiger partial charge in [0.05, 0.1) is 5.69 Å². The van der Waals surface area contributed by atoms with Gasteiger partial charge in [0, 0.05) is 29.0 Å². The fourth-order valence-electron chi connectivity index (χ4n) is 2.56. The molecule has 0 radical (unpaired) electrons. The van der Waals surface area contributed by atoms with Crippen molar-refractivity contribution in [1.29, 1.82) is 0 Å². The third-order valence-electron chi connectivity index (χ3n) is 3.73. The van der Waals surface area contributed by atoms with Gasteiger partial charge in [-0.25, -0.2) is 4.79 Å². The van der Waals surface area contributed by atoms with E-state index in [4.69, 9.17) is 14.2 Å². The topological polar surface area (TPSA) is 85.5 Å². The number of nitrogens with zero attached hydrogens (tertiary/aromatic N) is 1. The lowest BCUT2D eigenvalue weighted by molar-refractivity contribution is -0.0423. The third kappa shape index (κ3) is 4.82. The second-order valence-electron chi connectivity index (χ2n) is 7.08. The summed E-state index contributed by atoms with van der Waals surface area (Å²) in [6, 6.07) is 11.6. The number of fused-ring (bicyclic) bond motifs is 1. The molecule has 0 bridgehead atoms. The molecule has 0 aliphatic heterocycles. The molecule has 0 unspecified atom stereocenters. The number of hydrogen-bond donors (Lipinski definition) is 2. The van der Waals surface area contributed by atoms with E-state index in [1.165, 1.54) is 0 Å². The maximum absolute atomic E-state index is 11.6. The zero-order valence-corrected chi connectivity index (χ0v) is 16.1. The van der Waals surface area contributed by atoms with E-state index in [0.29, 0.717) is 11.5 Å². The molecular formula is C21H23N3O4. The maximum Gasteiger partial charge on any atom is 0.511 e. The number of hydrogen-bond acceptors (Lipinski definition) is 6. The van der Waals surface area contributed by atoms with Crippen molar-refractivity contribution in [2.75, 3.05) is 12.1 Å². The van der Waals surface area contributed by atoms with E-state index in [-0.39, 0.29) is 6.79 Å². The minimum Gasteiger partial charge on any atom is -0.456 e. The number of carbonyl (C=O) groups excluding carboxylic acids is 1. The molecule has 7 nitrogen and oxygen atoms in total. The molecule has 0 fully saturated rings. The number of nitrogens with one attached hydrogen (secondary N) is 2. The van der Waals surface area contributed by atoms with Gasteiger partial charge in [0.1, 0.15) is 17.1 Å². The predicted molar refractivity (Wildman–Crippen MR) is 108 cm³/mol. The van der Waals surface area contributed by atoms with Crippen LogP contribution in [0.5, 0.6) is 0 Å². The summed E-state index contributed by atoms with van der Waals surface area (Å²) in [6.45, 7) is 8.93. The van der Waals surface area contributed by atoms with Crippen molar-refractivity contribution >= 4 is 34.2 Å². The van der Waals surface area contributed by atoms with Gasteiger partial charge in [-0.1, -0.05) is 24.8 Å². The summed E-state index contributed by atoms with van der Waals surface area (Å²) in [5.41, 5.74) is 2.63. The van der Waals surface area contributed by atoms with E-state index in [9.17, 15) is 4.79 Å². The van der Waals surface area contributed by atoms with Gasteiger partial charge < -0.3 is 24.5 Å². The summed E-state index contributed by atoms with van der Waals surface area (Å²) in [5.74, 6) is 0.330. The number of H-pyrrole nitrogens is 1. The molecule has 28 heavy (non-hydrogen) atoms. The molecule has 0 atom stereocenters. The highest BCUT2D eigenvalue weighted by Crippen LogP contribution is 2.34. The normalized spacial score (nSPS) is 11.1. The zero-order chi connectivity index (χ0) is 20.1. The Morgan fingerprint density at radius 2 is 1.86 bits per heavy atom. The van der Waals surface area contributed by atoms with E-state index in [1.54, 1.807) is 33.2 Å². The zero-order valence-electron chi connectivity index (χ0n) is 16.1. The number of aromatic nitrogens is 2. The third-order valence-corrected chi connectivity index (χ3v) is 3.73. The molecule has 3 aromatic rings. The molecule has 0 saturated carbocycles. The first-order valence-electron chi connectivity index (χ1n) is 8.79. The monoisotopic (exact) mass is 381 g/mol. The molecule has 0 aliphatic carbocycles. The van der Waals surface area contributed by atoms with Crippen LogP contribution in [0.1, 0.15) is 26.5 Å². The summed E-state index contributed by atoms with van der Waals surface area (Å²) < 4.78 is 15.6. The summed E-state index contributed by atoms with van der Waals surface area (Å²) in [4.78, 5) is 19.0. The van der Waals surface area contributed by atoms with Crippen LogP contribution in [0.15, 0.2) is 55.4 Å². The second-order valence-corrected chi connectivity index (χ2v) is 7.08. The van der Waals surface area contributed by atoms with Crippen LogP contribution >= 0.6 is 0 Å². The molecule has 2 aromatic heterocycles. The van der Waals surface area contributed by atoms with Crippen LogP contribution in [0.3, 0.4) is 0 Å². The molecule has 2 N–H and O–H groups in total. The van der Waals surface area contributed by atoms with Crippen LogP contribution in [-0.2, 0) is 14.2 Å². The Kier molecular flexibility index (Phi) is 5.54. The number of rotatable bonds is 6. The Morgan fingerprint density at radius 3 is 2.57 bits per heavy atom. The molecule has 3 rings (SSSR count). The fraction of sp³-hybridized carbons (Fsp3) is 0.238. The van der Waals surface area contributed by atoms with Gasteiger partial charge in [0.2, 0.25) is 6.79 Å². The van der Waals surface area contributed by atoms with Gasteiger partial charge in [-0.3, -0.25) is 4.98 Å². The van der Waals surface area contributed by atoms with Crippen molar-refractivity contribution in [3.8, 4) is 0 Å². The van der Waals surface area contributed by atoms with Gasteiger partial charge in [0.25, 0.3) is 0 Å². The average Bonchev–Trinajstić information content (AvgIpc) is 3.00. The van der Waals surface area contributed by atoms with Crippen molar-refractivity contribution in [3.05, 3.63) is 61.1 Å². The standard InChI is InChI=1S/C21H23N3O4/c1-14(26-13-27-20(25)28-21(2,3)4)18-19(23-15-9-11-22-12-10-15)16-7-5-6-8-17(16)24-18/h5-12,24H,1,13H2,2-4H3,(H,22,23). The van der Waals surface area contributed by atoms with Crippen molar-refractivity contribution in [1.82, 2.24) is 9.97 Å². The van der Waals surface area contributed by atoms with Crippen LogP contribution in [0.25, 0.3) is 16.7 Å². The Morgan fingerprint density at radius 1 is 1.14 bits per heavy atom. The second kappa shape index (κ2) is 8.04. The van der Waals surface area contributed by atoms with Crippen molar-refractivity contribution in [3.63, 3.8) is 0 Å². The van der Waals surface area contributed by atoms with E-state index >= 15 is 0 Å². The maximum atomic E-state index is 11.6. The molecule has 0 spiro atoms. The van der Waals surface area contributed by atoms with Crippen LogP contribution < -0.4 is 5.32 Å². The van der Waals surface area contributed by atoms with E-state index in [0.717, 1.165) is 22.3 Å². The highest BCUT2D eigenvalue weighted by Gasteiger charge is 2.19. The summed E-state index contributed by atoms with van der Waals surface area (Å²) in [7, 11) is 0. The Balaban J connectivity index is 1.75. The quantitative estimate of drug-likeness (QED) is 0.347. The van der Waals surface area contributed by atoms with E-state index in [2.05, 4.69) is 21.9 Å². The molecule has 0 saturated heterocycles. The van der Waals surface area contributed by atoms with Crippen molar-refractivity contribution < 1.29 is 19.0 Å². The van der Waals surface area contributed by atoms with Crippen LogP contribution in [0, 0.1) is 0 Å². The van der Waals surface area contributed by atoms with Gasteiger partial charge in [0.15, 0.2) is 0 Å². The Labute approximate surface area is 163 Å². The SMILES string of the molecule is C=C(OCOC(=O)OC(C)(C)C)c1[nH]c2ccccc2c1Nc1ccncc1. The van der Waals surface area contributed by atoms with Gasteiger partial charge >= 0.3 is 6.16 Å². The first kappa shape index (κ1) is 19.3. The molecule has 146 valence electrons. The number of benzene rings is 1. The Hall–Kier alpha value is -3.48. The van der Waals surface area contributed by atoms with Gasteiger partial charge in [-0.15, -0.1) is 0 Å². The number of aromatic amines is 1. The summed E-state index contributed by atoms with van der Waals surface area (Å²) in [5, 5.41) is 4.34. The van der Waals surface area contributed by atoms with Gasteiger partial charge in [-0.05, 0) is 39.0 Å². The smallest absolute Gasteiger partial charge is 0.456 e. The molecule has 1 aromatic carbocycles. The highest BCUT2D eigenvalue weighted by atomic mass is 16.8. The van der Waals surface area contributed by atoms with Gasteiger partial charge in [-0.2, -0.15) is 0 Å².